The highest BCUT2D eigenvalue weighted by Crippen LogP contribution is 2.27. The van der Waals surface area contributed by atoms with Crippen LogP contribution in [0.5, 0.6) is 0 Å². The SMILES string of the molecule is CCCO[C@H]1C[C@@H](C(=O)NCCO)CC[C@@H]1NC(=O)c1c(C)cc(C)[nH]c1=O. The normalized spacial score (nSPS) is 21.9. The molecule has 0 aliphatic heterocycles. The van der Waals surface area contributed by atoms with Crippen LogP contribution in [0.2, 0.25) is 0 Å². The Morgan fingerprint density at radius 3 is 2.71 bits per heavy atom. The van der Waals surface area contributed by atoms with E-state index in [0.717, 1.165) is 6.42 Å². The molecule has 3 atom stereocenters. The largest absolute Gasteiger partial charge is 0.395 e. The lowest BCUT2D eigenvalue weighted by Gasteiger charge is -2.36. The van der Waals surface area contributed by atoms with Crippen molar-refractivity contribution >= 4 is 11.8 Å². The molecule has 1 aliphatic carbocycles. The molecule has 4 N–H and O–H groups in total. The number of H-pyrrole nitrogens is 1. The molecule has 156 valence electrons. The standard InChI is InChI=1S/C20H31N3O5/c1-4-9-28-16-11-14(18(25)21-7-8-24)5-6-15(16)23-20(27)17-12(2)10-13(3)22-19(17)26/h10,14-16,24H,4-9,11H2,1-3H3,(H,21,25)(H,22,26)(H,23,27)/t14-,15-,16-/m0/s1. The van der Waals surface area contributed by atoms with Gasteiger partial charge in [-0.25, -0.2) is 0 Å². The Morgan fingerprint density at radius 2 is 2.07 bits per heavy atom. The first kappa shape index (κ1) is 22.1. The summed E-state index contributed by atoms with van der Waals surface area (Å²) in [4.78, 5) is 39.9. The van der Waals surface area contributed by atoms with Gasteiger partial charge in [-0.1, -0.05) is 6.92 Å². The Balaban J connectivity index is 2.10. The summed E-state index contributed by atoms with van der Waals surface area (Å²) in [5, 5.41) is 14.5. The summed E-state index contributed by atoms with van der Waals surface area (Å²) in [6.45, 7) is 6.17. The molecule has 1 saturated carbocycles. The van der Waals surface area contributed by atoms with Gasteiger partial charge in [-0.05, 0) is 51.2 Å². The van der Waals surface area contributed by atoms with Gasteiger partial charge in [0, 0.05) is 24.8 Å². The maximum atomic E-state index is 12.7. The van der Waals surface area contributed by atoms with Gasteiger partial charge in [-0.15, -0.1) is 0 Å². The molecule has 8 heteroatoms. The molecule has 8 nitrogen and oxygen atoms in total. The number of nitrogens with one attached hydrogen (secondary N) is 3. The van der Waals surface area contributed by atoms with Crippen molar-refractivity contribution < 1.29 is 19.4 Å². The number of aliphatic hydroxyl groups excluding tert-OH is 1. The highest BCUT2D eigenvalue weighted by molar-refractivity contribution is 5.95. The molecule has 0 spiro atoms. The summed E-state index contributed by atoms with van der Waals surface area (Å²) in [7, 11) is 0. The van der Waals surface area contributed by atoms with Crippen LogP contribution < -0.4 is 16.2 Å². The topological polar surface area (TPSA) is 121 Å². The Bertz CT molecular complexity index is 746. The second-order valence-corrected chi connectivity index (χ2v) is 7.35. The second kappa shape index (κ2) is 10.4. The lowest BCUT2D eigenvalue weighted by Crippen LogP contribution is -2.51. The molecule has 1 aromatic rings. The number of carbonyl (C=O) groups is 2. The number of hydrogen-bond donors (Lipinski definition) is 4. The third-order valence-corrected chi connectivity index (χ3v) is 5.02. The number of pyridine rings is 1. The molecule has 2 amide bonds. The fraction of sp³-hybridized carbons (Fsp3) is 0.650. The Hall–Kier alpha value is -2.19. The van der Waals surface area contributed by atoms with Crippen molar-refractivity contribution in [3.05, 3.63) is 33.2 Å². The highest BCUT2D eigenvalue weighted by atomic mass is 16.5. The fourth-order valence-electron chi connectivity index (χ4n) is 3.69. The number of amides is 2. The predicted octanol–water partition coefficient (Wildman–Crippen LogP) is 0.794. The fourth-order valence-corrected chi connectivity index (χ4v) is 3.69. The van der Waals surface area contributed by atoms with Gasteiger partial charge in [0.2, 0.25) is 5.91 Å². The monoisotopic (exact) mass is 393 g/mol. The summed E-state index contributed by atoms with van der Waals surface area (Å²) in [6, 6.07) is 1.50. The van der Waals surface area contributed by atoms with Crippen LogP contribution in [0, 0.1) is 19.8 Å². The Morgan fingerprint density at radius 1 is 1.32 bits per heavy atom. The van der Waals surface area contributed by atoms with Gasteiger partial charge in [0.15, 0.2) is 0 Å². The zero-order valence-corrected chi connectivity index (χ0v) is 16.8. The first-order chi connectivity index (χ1) is 13.4. The number of aromatic amines is 1. The van der Waals surface area contributed by atoms with E-state index < -0.39 is 11.5 Å². The Labute approximate surface area is 165 Å². The number of aliphatic hydroxyl groups is 1. The third-order valence-electron chi connectivity index (χ3n) is 5.02. The van der Waals surface area contributed by atoms with Crippen LogP contribution in [0.4, 0.5) is 0 Å². The number of carbonyl (C=O) groups excluding carboxylic acids is 2. The quantitative estimate of drug-likeness (QED) is 0.520. The van der Waals surface area contributed by atoms with Crippen molar-refractivity contribution in [2.24, 2.45) is 5.92 Å². The van der Waals surface area contributed by atoms with Gasteiger partial charge in [0.1, 0.15) is 5.56 Å². The molecule has 1 aromatic heterocycles. The maximum absolute atomic E-state index is 12.7. The molecule has 2 rings (SSSR count). The van der Waals surface area contributed by atoms with Crippen molar-refractivity contribution in [3.8, 4) is 0 Å². The minimum atomic E-state index is -0.419. The predicted molar refractivity (Wildman–Crippen MR) is 105 cm³/mol. The Kier molecular flexibility index (Phi) is 8.19. The van der Waals surface area contributed by atoms with Crippen molar-refractivity contribution in [1.29, 1.82) is 0 Å². The minimum absolute atomic E-state index is 0.0998. The van der Waals surface area contributed by atoms with Crippen LogP contribution in [0.25, 0.3) is 0 Å². The van der Waals surface area contributed by atoms with E-state index in [1.165, 1.54) is 0 Å². The lowest BCUT2D eigenvalue weighted by atomic mass is 9.83. The number of ether oxygens (including phenoxy) is 1. The zero-order chi connectivity index (χ0) is 20.7. The van der Waals surface area contributed by atoms with Crippen molar-refractivity contribution in [3.63, 3.8) is 0 Å². The van der Waals surface area contributed by atoms with Crippen molar-refractivity contribution in [2.75, 3.05) is 19.8 Å². The van der Waals surface area contributed by atoms with Crippen LogP contribution in [-0.4, -0.2) is 53.8 Å². The number of aryl methyl sites for hydroxylation is 2. The van der Waals surface area contributed by atoms with Crippen LogP contribution in [0.1, 0.15) is 54.2 Å². The molecule has 0 unspecified atom stereocenters. The summed E-state index contributed by atoms with van der Waals surface area (Å²) in [5.41, 5.74) is 1.04. The molecular weight excluding hydrogens is 362 g/mol. The molecule has 1 heterocycles. The van der Waals surface area contributed by atoms with E-state index in [-0.39, 0.29) is 42.7 Å². The van der Waals surface area contributed by atoms with E-state index >= 15 is 0 Å². The van der Waals surface area contributed by atoms with Gasteiger partial charge in [-0.3, -0.25) is 14.4 Å². The van der Waals surface area contributed by atoms with E-state index in [1.807, 2.05) is 6.92 Å². The van der Waals surface area contributed by atoms with Gasteiger partial charge >= 0.3 is 0 Å². The van der Waals surface area contributed by atoms with E-state index in [9.17, 15) is 14.4 Å². The number of rotatable bonds is 8. The molecule has 28 heavy (non-hydrogen) atoms. The van der Waals surface area contributed by atoms with E-state index in [2.05, 4.69) is 15.6 Å². The zero-order valence-electron chi connectivity index (χ0n) is 16.8. The van der Waals surface area contributed by atoms with Gasteiger partial charge in [-0.2, -0.15) is 0 Å². The van der Waals surface area contributed by atoms with Crippen molar-refractivity contribution in [1.82, 2.24) is 15.6 Å². The van der Waals surface area contributed by atoms with E-state index in [1.54, 1.807) is 19.9 Å². The maximum Gasteiger partial charge on any atom is 0.261 e. The van der Waals surface area contributed by atoms with Gasteiger partial charge in [0.05, 0.1) is 18.8 Å². The molecule has 0 saturated heterocycles. The van der Waals surface area contributed by atoms with Gasteiger partial charge < -0.3 is 25.5 Å². The van der Waals surface area contributed by atoms with Crippen LogP contribution in [0.15, 0.2) is 10.9 Å². The average Bonchev–Trinajstić information content (AvgIpc) is 2.64. The molecule has 1 fully saturated rings. The van der Waals surface area contributed by atoms with Gasteiger partial charge in [0.25, 0.3) is 11.5 Å². The minimum Gasteiger partial charge on any atom is -0.395 e. The van der Waals surface area contributed by atoms with E-state index in [4.69, 9.17) is 9.84 Å². The van der Waals surface area contributed by atoms with Crippen molar-refractivity contribution in [2.45, 2.75) is 58.6 Å². The van der Waals surface area contributed by atoms with Crippen LogP contribution >= 0.6 is 0 Å². The molecular formula is C20H31N3O5. The smallest absolute Gasteiger partial charge is 0.261 e. The number of hydrogen-bond acceptors (Lipinski definition) is 5. The van der Waals surface area contributed by atoms with E-state index in [0.29, 0.717) is 37.1 Å². The summed E-state index contributed by atoms with van der Waals surface area (Å²) >= 11 is 0. The summed E-state index contributed by atoms with van der Waals surface area (Å²) < 4.78 is 5.92. The molecule has 0 bridgehead atoms. The lowest BCUT2D eigenvalue weighted by molar-refractivity contribution is -0.128. The molecule has 1 aliphatic rings. The van der Waals surface area contributed by atoms with Crippen LogP contribution in [-0.2, 0) is 9.53 Å². The first-order valence-corrected chi connectivity index (χ1v) is 9.88. The summed E-state index contributed by atoms with van der Waals surface area (Å²) in [5.74, 6) is -0.738. The highest BCUT2D eigenvalue weighted by Gasteiger charge is 2.35. The third kappa shape index (κ3) is 5.65. The molecule has 0 aromatic carbocycles. The first-order valence-electron chi connectivity index (χ1n) is 9.88. The van der Waals surface area contributed by atoms with Crippen LogP contribution in [0.3, 0.4) is 0 Å². The average molecular weight is 393 g/mol. The molecule has 0 radical (unpaired) electrons. The summed E-state index contributed by atoms with van der Waals surface area (Å²) in [6.07, 6.45) is 2.21. The number of aromatic nitrogens is 1. The second-order valence-electron chi connectivity index (χ2n) is 7.35.